The maximum Gasteiger partial charge on any atom is 0.123 e. The summed E-state index contributed by atoms with van der Waals surface area (Å²) in [6.45, 7) is 0. The second kappa shape index (κ2) is 6.48. The zero-order chi connectivity index (χ0) is 13.8. The van der Waals surface area contributed by atoms with Gasteiger partial charge >= 0.3 is 0 Å². The van der Waals surface area contributed by atoms with E-state index in [0.717, 1.165) is 10.0 Å². The lowest BCUT2D eigenvalue weighted by molar-refractivity contribution is 0.544. The number of halogens is 3. The van der Waals surface area contributed by atoms with E-state index < -0.39 is 0 Å². The molecule has 0 aliphatic rings. The van der Waals surface area contributed by atoms with Crippen LogP contribution >= 0.6 is 27.5 Å². The van der Waals surface area contributed by atoms with Gasteiger partial charge in [0.1, 0.15) is 5.82 Å². The predicted octanol–water partition coefficient (Wildman–Crippen LogP) is 3.99. The SMILES string of the molecule is NNC(Cc1ccccc1Br)c1cc(F)ccc1Cl. The molecule has 0 spiro atoms. The van der Waals surface area contributed by atoms with Crippen LogP contribution in [0.15, 0.2) is 46.9 Å². The average Bonchev–Trinajstić information content (AvgIpc) is 2.41. The van der Waals surface area contributed by atoms with E-state index >= 15 is 0 Å². The van der Waals surface area contributed by atoms with E-state index in [1.165, 1.54) is 18.2 Å². The number of hydrogen-bond donors (Lipinski definition) is 2. The van der Waals surface area contributed by atoms with Crippen LogP contribution in [-0.4, -0.2) is 0 Å². The van der Waals surface area contributed by atoms with Crippen LogP contribution in [-0.2, 0) is 6.42 Å². The Labute approximate surface area is 124 Å². The summed E-state index contributed by atoms with van der Waals surface area (Å²) in [4.78, 5) is 0. The Bertz CT molecular complexity index is 577. The average molecular weight is 344 g/mol. The fraction of sp³-hybridized carbons (Fsp3) is 0.143. The van der Waals surface area contributed by atoms with Crippen LogP contribution < -0.4 is 11.3 Å². The van der Waals surface area contributed by atoms with E-state index in [0.29, 0.717) is 17.0 Å². The number of nitrogens with two attached hydrogens (primary N) is 1. The van der Waals surface area contributed by atoms with Gasteiger partial charge in [0.2, 0.25) is 0 Å². The fourth-order valence-electron chi connectivity index (χ4n) is 1.92. The molecule has 0 aromatic heterocycles. The van der Waals surface area contributed by atoms with Crippen molar-refractivity contribution in [2.45, 2.75) is 12.5 Å². The number of hydrogen-bond acceptors (Lipinski definition) is 2. The van der Waals surface area contributed by atoms with Gasteiger partial charge in [-0.15, -0.1) is 0 Å². The van der Waals surface area contributed by atoms with Gasteiger partial charge in [0, 0.05) is 9.50 Å². The molecule has 2 aromatic carbocycles. The number of hydrazine groups is 1. The molecular formula is C14H13BrClFN2. The second-order valence-corrected chi connectivity index (χ2v) is 5.44. The minimum absolute atomic E-state index is 0.248. The van der Waals surface area contributed by atoms with Gasteiger partial charge < -0.3 is 0 Å². The summed E-state index contributed by atoms with van der Waals surface area (Å²) in [7, 11) is 0. The van der Waals surface area contributed by atoms with Crippen molar-refractivity contribution in [1.82, 2.24) is 5.43 Å². The van der Waals surface area contributed by atoms with Crippen LogP contribution in [0.25, 0.3) is 0 Å². The first-order chi connectivity index (χ1) is 9.11. The highest BCUT2D eigenvalue weighted by molar-refractivity contribution is 9.10. The van der Waals surface area contributed by atoms with Crippen molar-refractivity contribution >= 4 is 27.5 Å². The third kappa shape index (κ3) is 3.54. The van der Waals surface area contributed by atoms with Crippen LogP contribution in [0.3, 0.4) is 0 Å². The molecule has 3 N–H and O–H groups in total. The summed E-state index contributed by atoms with van der Waals surface area (Å²) >= 11 is 9.59. The third-order valence-corrected chi connectivity index (χ3v) is 4.03. The highest BCUT2D eigenvalue weighted by atomic mass is 79.9. The topological polar surface area (TPSA) is 38.0 Å². The van der Waals surface area contributed by atoms with Crippen molar-refractivity contribution < 1.29 is 4.39 Å². The monoisotopic (exact) mass is 342 g/mol. The lowest BCUT2D eigenvalue weighted by Gasteiger charge is -2.18. The Kier molecular flexibility index (Phi) is 4.93. The van der Waals surface area contributed by atoms with E-state index in [1.807, 2.05) is 24.3 Å². The minimum Gasteiger partial charge on any atom is -0.271 e. The van der Waals surface area contributed by atoms with Gasteiger partial charge in [0.25, 0.3) is 0 Å². The molecule has 19 heavy (non-hydrogen) atoms. The lowest BCUT2D eigenvalue weighted by atomic mass is 9.99. The molecule has 0 aliphatic carbocycles. The molecule has 2 aromatic rings. The maximum atomic E-state index is 13.3. The lowest BCUT2D eigenvalue weighted by Crippen LogP contribution is -2.30. The van der Waals surface area contributed by atoms with Gasteiger partial charge in [0.15, 0.2) is 0 Å². The van der Waals surface area contributed by atoms with Crippen molar-refractivity contribution in [2.24, 2.45) is 5.84 Å². The third-order valence-electron chi connectivity index (χ3n) is 2.92. The molecule has 2 nitrogen and oxygen atoms in total. The van der Waals surface area contributed by atoms with E-state index in [-0.39, 0.29) is 11.9 Å². The molecule has 1 unspecified atom stereocenters. The molecule has 100 valence electrons. The van der Waals surface area contributed by atoms with Gasteiger partial charge in [-0.2, -0.15) is 0 Å². The first-order valence-corrected chi connectivity index (χ1v) is 6.93. The number of benzene rings is 2. The molecular weight excluding hydrogens is 331 g/mol. The summed E-state index contributed by atoms with van der Waals surface area (Å²) in [6.07, 6.45) is 0.612. The Hall–Kier alpha value is -0.940. The van der Waals surface area contributed by atoms with Crippen LogP contribution in [0.1, 0.15) is 17.2 Å². The zero-order valence-corrected chi connectivity index (χ0v) is 12.4. The zero-order valence-electron chi connectivity index (χ0n) is 10.0. The Balaban J connectivity index is 2.30. The molecule has 1 atom stereocenters. The fourth-order valence-corrected chi connectivity index (χ4v) is 2.62. The summed E-state index contributed by atoms with van der Waals surface area (Å²) in [6, 6.07) is 11.9. The molecule has 0 amide bonds. The Morgan fingerprint density at radius 3 is 2.68 bits per heavy atom. The number of rotatable bonds is 4. The van der Waals surface area contributed by atoms with Crippen LogP contribution in [0.5, 0.6) is 0 Å². The highest BCUT2D eigenvalue weighted by Gasteiger charge is 2.16. The first-order valence-electron chi connectivity index (χ1n) is 5.76. The van der Waals surface area contributed by atoms with Crippen LogP contribution in [0.4, 0.5) is 4.39 Å². The largest absolute Gasteiger partial charge is 0.271 e. The molecule has 0 heterocycles. The van der Waals surface area contributed by atoms with Gasteiger partial charge in [-0.25, -0.2) is 4.39 Å². The molecule has 0 fully saturated rings. The quantitative estimate of drug-likeness (QED) is 0.651. The standard InChI is InChI=1S/C14H13BrClFN2/c15-12-4-2-1-3-9(12)7-14(19-18)11-8-10(17)5-6-13(11)16/h1-6,8,14,19H,7,18H2. The Morgan fingerprint density at radius 1 is 1.26 bits per heavy atom. The van der Waals surface area contributed by atoms with E-state index in [1.54, 1.807) is 0 Å². The molecule has 2 rings (SSSR count). The molecule has 0 saturated heterocycles. The summed E-state index contributed by atoms with van der Waals surface area (Å²) < 4.78 is 14.3. The highest BCUT2D eigenvalue weighted by Crippen LogP contribution is 2.28. The smallest absolute Gasteiger partial charge is 0.123 e. The minimum atomic E-state index is -0.327. The normalized spacial score (nSPS) is 12.4. The van der Waals surface area contributed by atoms with Crippen LogP contribution in [0, 0.1) is 5.82 Å². The summed E-state index contributed by atoms with van der Waals surface area (Å²) in [5.41, 5.74) is 4.42. The molecule has 0 aliphatic heterocycles. The molecule has 0 bridgehead atoms. The predicted molar refractivity (Wildman–Crippen MR) is 79.3 cm³/mol. The van der Waals surface area contributed by atoms with Gasteiger partial charge in [-0.1, -0.05) is 45.7 Å². The van der Waals surface area contributed by atoms with Crippen molar-refractivity contribution in [1.29, 1.82) is 0 Å². The maximum absolute atomic E-state index is 13.3. The molecule has 0 saturated carbocycles. The Morgan fingerprint density at radius 2 is 2.00 bits per heavy atom. The summed E-state index contributed by atoms with van der Waals surface area (Å²) in [5.74, 6) is 5.25. The van der Waals surface area contributed by atoms with Crippen molar-refractivity contribution in [3.8, 4) is 0 Å². The van der Waals surface area contributed by atoms with E-state index in [2.05, 4.69) is 21.4 Å². The van der Waals surface area contributed by atoms with E-state index in [9.17, 15) is 4.39 Å². The first kappa shape index (κ1) is 14.5. The van der Waals surface area contributed by atoms with Gasteiger partial charge in [-0.3, -0.25) is 11.3 Å². The van der Waals surface area contributed by atoms with Gasteiger partial charge in [0.05, 0.1) is 6.04 Å². The van der Waals surface area contributed by atoms with Crippen molar-refractivity contribution in [2.75, 3.05) is 0 Å². The van der Waals surface area contributed by atoms with Crippen LogP contribution in [0.2, 0.25) is 5.02 Å². The van der Waals surface area contributed by atoms with E-state index in [4.69, 9.17) is 17.4 Å². The second-order valence-electron chi connectivity index (χ2n) is 4.18. The molecule has 0 radical (unpaired) electrons. The van der Waals surface area contributed by atoms with Crippen molar-refractivity contribution in [3.05, 3.63) is 68.9 Å². The van der Waals surface area contributed by atoms with Crippen molar-refractivity contribution in [3.63, 3.8) is 0 Å². The van der Waals surface area contributed by atoms with Gasteiger partial charge in [-0.05, 0) is 41.8 Å². The molecule has 5 heteroatoms. The number of nitrogens with one attached hydrogen (secondary N) is 1. The summed E-state index contributed by atoms with van der Waals surface area (Å²) in [5, 5.41) is 0.497.